The third-order valence-corrected chi connectivity index (χ3v) is 1.02. The maximum Gasteiger partial charge on any atom is 0.335 e. The Balaban J connectivity index is -0.000000208. The Kier molecular flexibility index (Phi) is 23.7. The summed E-state index contributed by atoms with van der Waals surface area (Å²) < 4.78 is 0. The lowest BCUT2D eigenvalue weighted by Crippen LogP contribution is -1.93. The molecule has 0 fully saturated rings. The predicted octanol–water partition coefficient (Wildman–Crippen LogP) is 3.01. The lowest BCUT2D eigenvalue weighted by atomic mass is 10.2. The van der Waals surface area contributed by atoms with Crippen LogP contribution in [0.25, 0.3) is 0 Å². The summed E-state index contributed by atoms with van der Waals surface area (Å²) >= 11 is 0. The molecule has 0 saturated heterocycles. The van der Waals surface area contributed by atoms with Crippen LogP contribution in [-0.2, 0) is 0 Å². The van der Waals surface area contributed by atoms with Crippen molar-refractivity contribution in [1.29, 1.82) is 0 Å². The van der Waals surface area contributed by atoms with Gasteiger partial charge in [0.25, 0.3) is 0 Å². The Hall–Kier alpha value is -1.35. The molecule has 0 unspecified atom stereocenters. The van der Waals surface area contributed by atoms with E-state index in [9.17, 15) is 4.79 Å². The molecule has 3 N–H and O–H groups in total. The van der Waals surface area contributed by atoms with E-state index in [-0.39, 0.29) is 0 Å². The molecule has 88 valence electrons. The molecule has 0 heterocycles. The summed E-state index contributed by atoms with van der Waals surface area (Å²) in [6, 6.07) is 8.30. The minimum absolute atomic E-state index is 0.331. The van der Waals surface area contributed by atoms with Crippen LogP contribution in [0.5, 0.6) is 0 Å². The Morgan fingerprint density at radius 3 is 1.53 bits per heavy atom. The van der Waals surface area contributed by atoms with Crippen LogP contribution in [0, 0.1) is 0 Å². The van der Waals surface area contributed by atoms with E-state index in [0.717, 1.165) is 0 Å². The fourth-order valence-electron chi connectivity index (χ4n) is 0.581. The molecular weight excluding hydrogens is 190 g/mol. The summed E-state index contributed by atoms with van der Waals surface area (Å²) in [5.74, 6) is -0.879. The standard InChI is InChI=1S/C7H6O2.2C2H6.CH5N/c8-7(9)6-4-2-1-3-5-6;3*1-2/h1-5H,(H,8,9);2*1-2H3;2H2,1H3. The first-order chi connectivity index (χ1) is 7.30. The highest BCUT2D eigenvalue weighted by Gasteiger charge is 1.96. The van der Waals surface area contributed by atoms with Crippen molar-refractivity contribution in [2.24, 2.45) is 5.73 Å². The van der Waals surface area contributed by atoms with Crippen LogP contribution in [-0.4, -0.2) is 18.1 Å². The molecule has 0 aliphatic rings. The second kappa shape index (κ2) is 18.4. The van der Waals surface area contributed by atoms with Gasteiger partial charge in [-0.25, -0.2) is 4.79 Å². The van der Waals surface area contributed by atoms with Crippen molar-refractivity contribution in [3.63, 3.8) is 0 Å². The van der Waals surface area contributed by atoms with Gasteiger partial charge in [-0.05, 0) is 19.2 Å². The number of carboxylic acids is 1. The summed E-state index contributed by atoms with van der Waals surface area (Å²) in [6.45, 7) is 8.00. The highest BCUT2D eigenvalue weighted by molar-refractivity contribution is 5.87. The van der Waals surface area contributed by atoms with Crippen LogP contribution in [0.3, 0.4) is 0 Å². The predicted molar refractivity (Wildman–Crippen MR) is 66.2 cm³/mol. The number of rotatable bonds is 1. The molecule has 0 amide bonds. The van der Waals surface area contributed by atoms with Gasteiger partial charge in [0, 0.05) is 0 Å². The Morgan fingerprint density at radius 1 is 1.00 bits per heavy atom. The van der Waals surface area contributed by atoms with E-state index < -0.39 is 5.97 Å². The fourth-order valence-corrected chi connectivity index (χ4v) is 0.581. The number of carboxylic acid groups (broad SMARTS) is 1. The zero-order chi connectivity index (χ0) is 12.7. The first-order valence-electron chi connectivity index (χ1n) is 5.17. The van der Waals surface area contributed by atoms with Crippen LogP contribution < -0.4 is 5.73 Å². The number of benzene rings is 1. The van der Waals surface area contributed by atoms with E-state index in [1.54, 1.807) is 30.3 Å². The molecule has 3 nitrogen and oxygen atoms in total. The zero-order valence-corrected chi connectivity index (χ0v) is 10.3. The molecule has 1 rings (SSSR count). The number of aromatic carboxylic acids is 1. The zero-order valence-electron chi connectivity index (χ0n) is 10.3. The molecule has 0 atom stereocenters. The average molecular weight is 213 g/mol. The molecular formula is C12H23NO2. The van der Waals surface area contributed by atoms with Gasteiger partial charge < -0.3 is 10.8 Å². The normalized spacial score (nSPS) is 6.53. The smallest absolute Gasteiger partial charge is 0.335 e. The summed E-state index contributed by atoms with van der Waals surface area (Å²) in [6.07, 6.45) is 0. The van der Waals surface area contributed by atoms with Crippen LogP contribution in [0.2, 0.25) is 0 Å². The van der Waals surface area contributed by atoms with Crippen LogP contribution in [0.1, 0.15) is 38.1 Å². The van der Waals surface area contributed by atoms with Crippen LogP contribution >= 0.6 is 0 Å². The SMILES string of the molecule is CC.CC.CN.O=C(O)c1ccccc1. The highest BCUT2D eigenvalue weighted by Crippen LogP contribution is 1.96. The van der Waals surface area contributed by atoms with Crippen molar-refractivity contribution < 1.29 is 9.90 Å². The van der Waals surface area contributed by atoms with Gasteiger partial charge in [0.1, 0.15) is 0 Å². The fraction of sp³-hybridized carbons (Fsp3) is 0.417. The molecule has 0 aliphatic heterocycles. The van der Waals surface area contributed by atoms with Gasteiger partial charge in [-0.2, -0.15) is 0 Å². The Bertz CT molecular complexity index is 210. The molecule has 0 radical (unpaired) electrons. The van der Waals surface area contributed by atoms with Crippen molar-refractivity contribution >= 4 is 5.97 Å². The van der Waals surface area contributed by atoms with Gasteiger partial charge in [0.05, 0.1) is 5.56 Å². The van der Waals surface area contributed by atoms with Crippen LogP contribution in [0.15, 0.2) is 30.3 Å². The quantitative estimate of drug-likeness (QED) is 0.753. The van der Waals surface area contributed by atoms with Crippen molar-refractivity contribution in [3.05, 3.63) is 35.9 Å². The van der Waals surface area contributed by atoms with Gasteiger partial charge in [0.15, 0.2) is 0 Å². The van der Waals surface area contributed by atoms with Crippen molar-refractivity contribution in [1.82, 2.24) is 0 Å². The molecule has 0 aliphatic carbocycles. The second-order valence-electron chi connectivity index (χ2n) is 1.67. The van der Waals surface area contributed by atoms with Crippen molar-refractivity contribution in [2.75, 3.05) is 7.05 Å². The average Bonchev–Trinajstić information content (AvgIpc) is 2.38. The number of hydrogen-bond donors (Lipinski definition) is 2. The molecule has 0 spiro atoms. The van der Waals surface area contributed by atoms with Crippen molar-refractivity contribution in [2.45, 2.75) is 27.7 Å². The van der Waals surface area contributed by atoms with Gasteiger partial charge in [-0.15, -0.1) is 0 Å². The first-order valence-corrected chi connectivity index (χ1v) is 5.17. The van der Waals surface area contributed by atoms with Gasteiger partial charge in [-0.1, -0.05) is 45.9 Å². The topological polar surface area (TPSA) is 63.3 Å². The summed E-state index contributed by atoms with van der Waals surface area (Å²) in [5.41, 5.74) is 4.83. The Labute approximate surface area is 92.9 Å². The molecule has 0 saturated carbocycles. The third kappa shape index (κ3) is 12.6. The van der Waals surface area contributed by atoms with E-state index in [2.05, 4.69) is 5.73 Å². The highest BCUT2D eigenvalue weighted by atomic mass is 16.4. The second-order valence-corrected chi connectivity index (χ2v) is 1.67. The summed E-state index contributed by atoms with van der Waals surface area (Å²) in [7, 11) is 1.50. The monoisotopic (exact) mass is 213 g/mol. The molecule has 0 aromatic heterocycles. The molecule has 15 heavy (non-hydrogen) atoms. The van der Waals surface area contributed by atoms with Crippen LogP contribution in [0.4, 0.5) is 0 Å². The molecule has 3 heteroatoms. The lowest BCUT2D eigenvalue weighted by molar-refractivity contribution is 0.0697. The third-order valence-electron chi connectivity index (χ3n) is 1.02. The van der Waals surface area contributed by atoms with E-state index >= 15 is 0 Å². The van der Waals surface area contributed by atoms with E-state index in [0.29, 0.717) is 5.56 Å². The maximum absolute atomic E-state index is 10.2. The minimum Gasteiger partial charge on any atom is -0.478 e. The largest absolute Gasteiger partial charge is 0.478 e. The van der Waals surface area contributed by atoms with E-state index in [4.69, 9.17) is 5.11 Å². The first kappa shape index (κ1) is 19.3. The number of nitrogens with two attached hydrogens (primary N) is 1. The number of hydrogen-bond acceptors (Lipinski definition) is 2. The minimum atomic E-state index is -0.879. The maximum atomic E-state index is 10.2. The van der Waals surface area contributed by atoms with Gasteiger partial charge >= 0.3 is 5.97 Å². The van der Waals surface area contributed by atoms with E-state index in [1.807, 2.05) is 27.7 Å². The summed E-state index contributed by atoms with van der Waals surface area (Å²) in [4.78, 5) is 10.2. The van der Waals surface area contributed by atoms with Gasteiger partial charge in [-0.3, -0.25) is 0 Å². The summed E-state index contributed by atoms with van der Waals surface area (Å²) in [5, 5.41) is 8.38. The van der Waals surface area contributed by atoms with Crippen molar-refractivity contribution in [3.8, 4) is 0 Å². The lowest BCUT2D eigenvalue weighted by Gasteiger charge is -1.88. The molecule has 0 bridgehead atoms. The molecule has 1 aromatic rings. The Morgan fingerprint density at radius 2 is 1.33 bits per heavy atom. The van der Waals surface area contributed by atoms with Gasteiger partial charge in [0.2, 0.25) is 0 Å². The molecule has 1 aromatic carbocycles. The number of carbonyl (C=O) groups is 1. The van der Waals surface area contributed by atoms with E-state index in [1.165, 1.54) is 7.05 Å².